The number of aryl methyl sites for hydroxylation is 2. The fourth-order valence-electron chi connectivity index (χ4n) is 2.91. The van der Waals surface area contributed by atoms with E-state index in [1.54, 1.807) is 0 Å². The number of halogens is 1. The number of carbonyl (C=O) groups is 2. The molecule has 0 aliphatic rings. The number of hydrogen-bond acceptors (Lipinski definition) is 5. The lowest BCUT2D eigenvalue weighted by Crippen LogP contribution is -2.21. The van der Waals surface area contributed by atoms with E-state index >= 15 is 0 Å². The molecular formula is C26H23FN2O3. The van der Waals surface area contributed by atoms with Crippen LogP contribution in [0.25, 0.3) is 0 Å². The van der Waals surface area contributed by atoms with Gasteiger partial charge in [-0.15, -0.1) is 0 Å². The molecule has 0 aromatic heterocycles. The van der Waals surface area contributed by atoms with Crippen molar-refractivity contribution < 1.29 is 18.7 Å². The van der Waals surface area contributed by atoms with Crippen LogP contribution in [0.5, 0.6) is 0 Å². The highest BCUT2D eigenvalue weighted by molar-refractivity contribution is 6.13. The van der Waals surface area contributed by atoms with Crippen LogP contribution in [0, 0.1) is 19.7 Å². The lowest BCUT2D eigenvalue weighted by atomic mass is 10.0. The summed E-state index contributed by atoms with van der Waals surface area (Å²) in [5, 5.41) is 4.44. The first-order valence-corrected chi connectivity index (χ1v) is 9.95. The van der Waals surface area contributed by atoms with E-state index in [-0.39, 0.29) is 11.3 Å². The molecule has 0 aliphatic carbocycles. The van der Waals surface area contributed by atoms with Crippen molar-refractivity contribution in [3.8, 4) is 0 Å². The van der Waals surface area contributed by atoms with Crippen molar-refractivity contribution in [2.24, 2.45) is 5.10 Å². The number of nitrogens with one attached hydrogen (secondary N) is 1. The third kappa shape index (κ3) is 5.76. The van der Waals surface area contributed by atoms with Crippen LogP contribution in [0.2, 0.25) is 0 Å². The zero-order valence-electron chi connectivity index (χ0n) is 18.1. The van der Waals surface area contributed by atoms with E-state index < -0.39 is 17.6 Å². The van der Waals surface area contributed by atoms with E-state index in [1.807, 2.05) is 62.4 Å². The summed E-state index contributed by atoms with van der Waals surface area (Å²) >= 11 is 0. The smallest absolute Gasteiger partial charge is 0.356 e. The van der Waals surface area contributed by atoms with Crippen LogP contribution >= 0.6 is 0 Å². The van der Waals surface area contributed by atoms with Gasteiger partial charge in [0.1, 0.15) is 11.5 Å². The molecule has 5 nitrogen and oxygen atoms in total. The van der Waals surface area contributed by atoms with Crippen LogP contribution in [0.1, 0.15) is 32.6 Å². The maximum absolute atomic E-state index is 13.1. The minimum Gasteiger partial charge on any atom is -0.464 e. The van der Waals surface area contributed by atoms with Crippen molar-refractivity contribution in [2.75, 3.05) is 7.11 Å². The van der Waals surface area contributed by atoms with Gasteiger partial charge in [0.25, 0.3) is 0 Å². The van der Waals surface area contributed by atoms with Gasteiger partial charge in [0, 0.05) is 22.8 Å². The van der Waals surface area contributed by atoms with E-state index in [1.165, 1.54) is 31.4 Å². The van der Waals surface area contributed by atoms with Crippen molar-refractivity contribution in [1.82, 2.24) is 5.43 Å². The standard InChI is InChI=1S/C26H23FN2O3/c1-17-4-8-20(9-5-17)25(21-10-6-18(2)7-11-21)29-28-23(26(31)32-3)16-24(30)19-12-14-22(27)15-13-19/h4-16,28H,1-3H3/b23-16-. The van der Waals surface area contributed by atoms with Crippen molar-refractivity contribution in [1.29, 1.82) is 0 Å². The number of hydrogen-bond donors (Lipinski definition) is 1. The Morgan fingerprint density at radius 2 is 1.28 bits per heavy atom. The molecule has 0 saturated carbocycles. The zero-order chi connectivity index (χ0) is 23.1. The van der Waals surface area contributed by atoms with Crippen LogP contribution in [0.3, 0.4) is 0 Å². The molecule has 6 heteroatoms. The number of carbonyl (C=O) groups excluding carboxylic acids is 2. The molecule has 0 radical (unpaired) electrons. The topological polar surface area (TPSA) is 67.8 Å². The summed E-state index contributed by atoms with van der Waals surface area (Å²) in [5.74, 6) is -1.70. The predicted molar refractivity (Wildman–Crippen MR) is 122 cm³/mol. The van der Waals surface area contributed by atoms with Gasteiger partial charge < -0.3 is 4.74 Å². The summed E-state index contributed by atoms with van der Waals surface area (Å²) in [5.41, 5.74) is 7.24. The molecule has 3 rings (SSSR count). The Balaban J connectivity index is 1.99. The van der Waals surface area contributed by atoms with Gasteiger partial charge in [-0.05, 0) is 38.1 Å². The number of allylic oxidation sites excluding steroid dienone is 1. The number of nitrogens with zero attached hydrogens (tertiary/aromatic N) is 1. The van der Waals surface area contributed by atoms with Crippen molar-refractivity contribution in [3.05, 3.63) is 118 Å². The first-order valence-electron chi connectivity index (χ1n) is 9.95. The van der Waals surface area contributed by atoms with Gasteiger partial charge in [0.2, 0.25) is 0 Å². The molecular weight excluding hydrogens is 407 g/mol. The van der Waals surface area contributed by atoms with Crippen LogP contribution < -0.4 is 5.43 Å². The minimum atomic E-state index is -0.753. The molecule has 0 fully saturated rings. The first kappa shape index (κ1) is 22.6. The van der Waals surface area contributed by atoms with Crippen molar-refractivity contribution >= 4 is 17.5 Å². The summed E-state index contributed by atoms with van der Waals surface area (Å²) in [6.45, 7) is 3.98. The summed E-state index contributed by atoms with van der Waals surface area (Å²) in [6, 6.07) is 20.6. The first-order chi connectivity index (χ1) is 15.4. The highest BCUT2D eigenvalue weighted by Crippen LogP contribution is 2.14. The van der Waals surface area contributed by atoms with Gasteiger partial charge in [-0.1, -0.05) is 59.7 Å². The lowest BCUT2D eigenvalue weighted by Gasteiger charge is -2.11. The number of hydrazone groups is 1. The summed E-state index contributed by atoms with van der Waals surface area (Å²) in [7, 11) is 1.21. The van der Waals surface area contributed by atoms with Gasteiger partial charge in [-0.25, -0.2) is 9.18 Å². The summed E-state index contributed by atoms with van der Waals surface area (Å²) in [6.07, 6.45) is 1.09. The van der Waals surface area contributed by atoms with Crippen molar-refractivity contribution in [3.63, 3.8) is 0 Å². The lowest BCUT2D eigenvalue weighted by molar-refractivity contribution is -0.136. The Hall–Kier alpha value is -4.06. The van der Waals surface area contributed by atoms with Gasteiger partial charge in [0.15, 0.2) is 5.78 Å². The third-order valence-electron chi connectivity index (χ3n) is 4.75. The van der Waals surface area contributed by atoms with Crippen LogP contribution in [0.4, 0.5) is 4.39 Å². The number of ether oxygens (including phenoxy) is 1. The Bertz CT molecular complexity index is 1120. The number of benzene rings is 3. The number of ketones is 1. The normalized spacial score (nSPS) is 10.9. The fraction of sp³-hybridized carbons (Fsp3) is 0.115. The Morgan fingerprint density at radius 1 is 0.812 bits per heavy atom. The number of methoxy groups -OCH3 is 1. The highest BCUT2D eigenvalue weighted by Gasteiger charge is 2.15. The Labute approximate surface area is 186 Å². The Morgan fingerprint density at radius 3 is 1.75 bits per heavy atom. The van der Waals surface area contributed by atoms with Crippen molar-refractivity contribution in [2.45, 2.75) is 13.8 Å². The summed E-state index contributed by atoms with van der Waals surface area (Å²) < 4.78 is 17.9. The van der Waals surface area contributed by atoms with E-state index in [4.69, 9.17) is 4.74 Å². The summed E-state index contributed by atoms with van der Waals surface area (Å²) in [4.78, 5) is 24.8. The SMILES string of the molecule is COC(=O)/C(=C/C(=O)c1ccc(F)cc1)NN=C(c1ccc(C)cc1)c1ccc(C)cc1. The molecule has 0 aliphatic heterocycles. The second-order valence-electron chi connectivity index (χ2n) is 7.23. The van der Waals surface area contributed by atoms with Crippen LogP contribution in [-0.4, -0.2) is 24.6 Å². The number of esters is 1. The Kier molecular flexibility index (Phi) is 7.29. The molecule has 3 aromatic rings. The third-order valence-corrected chi connectivity index (χ3v) is 4.75. The molecule has 0 atom stereocenters. The van der Waals surface area contributed by atoms with E-state index in [9.17, 15) is 14.0 Å². The fourth-order valence-corrected chi connectivity index (χ4v) is 2.91. The molecule has 0 bridgehead atoms. The molecule has 162 valence electrons. The van der Waals surface area contributed by atoms with E-state index in [0.29, 0.717) is 5.71 Å². The molecule has 32 heavy (non-hydrogen) atoms. The maximum atomic E-state index is 13.1. The molecule has 0 spiro atoms. The predicted octanol–water partition coefficient (Wildman–Crippen LogP) is 4.72. The second kappa shape index (κ2) is 10.3. The molecule has 0 heterocycles. The average Bonchev–Trinajstić information content (AvgIpc) is 2.80. The van der Waals surface area contributed by atoms with Gasteiger partial charge in [0.05, 0.1) is 12.8 Å². The molecule has 0 unspecified atom stereocenters. The zero-order valence-corrected chi connectivity index (χ0v) is 18.1. The van der Waals surface area contributed by atoms with Crippen LogP contribution in [0.15, 0.2) is 89.7 Å². The second-order valence-corrected chi connectivity index (χ2v) is 7.23. The largest absolute Gasteiger partial charge is 0.464 e. The highest BCUT2D eigenvalue weighted by atomic mass is 19.1. The van der Waals surface area contributed by atoms with E-state index in [2.05, 4.69) is 10.5 Å². The maximum Gasteiger partial charge on any atom is 0.356 e. The molecule has 1 N–H and O–H groups in total. The van der Waals surface area contributed by atoms with Crippen LogP contribution in [-0.2, 0) is 9.53 Å². The average molecular weight is 430 g/mol. The molecule has 0 amide bonds. The molecule has 0 saturated heterocycles. The number of rotatable bonds is 7. The molecule has 3 aromatic carbocycles. The van der Waals surface area contributed by atoms with Gasteiger partial charge >= 0.3 is 5.97 Å². The van der Waals surface area contributed by atoms with Gasteiger partial charge in [-0.3, -0.25) is 10.2 Å². The van der Waals surface area contributed by atoms with Gasteiger partial charge in [-0.2, -0.15) is 5.10 Å². The van der Waals surface area contributed by atoms with E-state index in [0.717, 1.165) is 28.3 Å². The quantitative estimate of drug-likeness (QED) is 0.194. The monoisotopic (exact) mass is 430 g/mol. The minimum absolute atomic E-state index is 0.140.